The molecule has 174 valence electrons. The van der Waals surface area contributed by atoms with E-state index in [1.807, 2.05) is 6.07 Å². The zero-order valence-corrected chi connectivity index (χ0v) is 19.0. The highest BCUT2D eigenvalue weighted by atomic mass is 35.5. The molecule has 0 aliphatic rings. The summed E-state index contributed by atoms with van der Waals surface area (Å²) in [6, 6.07) is 20.0. The monoisotopic (exact) mass is 479 g/mol. The van der Waals surface area contributed by atoms with Gasteiger partial charge in [0, 0.05) is 0 Å². The number of halogens is 1. The molecular formula is C25H22ClN3O5. The van der Waals surface area contributed by atoms with Crippen LogP contribution in [-0.2, 0) is 4.79 Å². The van der Waals surface area contributed by atoms with E-state index < -0.39 is 17.8 Å². The Morgan fingerprint density at radius 3 is 2.44 bits per heavy atom. The van der Waals surface area contributed by atoms with Gasteiger partial charge >= 0.3 is 5.97 Å². The fourth-order valence-electron chi connectivity index (χ4n) is 2.81. The first-order chi connectivity index (χ1) is 16.5. The van der Waals surface area contributed by atoms with E-state index in [4.69, 9.17) is 21.1 Å². The third kappa shape index (κ3) is 6.91. The fourth-order valence-corrected chi connectivity index (χ4v) is 3.03. The van der Waals surface area contributed by atoms with Crippen molar-refractivity contribution < 1.29 is 23.9 Å². The van der Waals surface area contributed by atoms with Crippen LogP contribution >= 0.6 is 11.6 Å². The zero-order chi connectivity index (χ0) is 24.3. The molecule has 0 aromatic heterocycles. The van der Waals surface area contributed by atoms with Gasteiger partial charge < -0.3 is 14.8 Å². The molecule has 0 aliphatic heterocycles. The van der Waals surface area contributed by atoms with Crippen molar-refractivity contribution >= 4 is 35.6 Å². The summed E-state index contributed by atoms with van der Waals surface area (Å²) in [4.78, 5) is 36.4. The maximum atomic E-state index is 12.3. The van der Waals surface area contributed by atoms with Gasteiger partial charge in [0.25, 0.3) is 11.8 Å². The molecule has 0 bridgehead atoms. The van der Waals surface area contributed by atoms with Gasteiger partial charge in [0.15, 0.2) is 11.5 Å². The lowest BCUT2D eigenvalue weighted by molar-refractivity contribution is -0.120. The van der Waals surface area contributed by atoms with E-state index in [0.717, 1.165) is 0 Å². The highest BCUT2D eigenvalue weighted by Crippen LogP contribution is 2.29. The summed E-state index contributed by atoms with van der Waals surface area (Å²) in [7, 11) is 0. The maximum absolute atomic E-state index is 12.3. The fraction of sp³-hybridized carbons (Fsp3) is 0.120. The Bertz CT molecular complexity index is 1200. The summed E-state index contributed by atoms with van der Waals surface area (Å²) in [5, 5.41) is 6.65. The van der Waals surface area contributed by atoms with Gasteiger partial charge in [-0.1, -0.05) is 41.9 Å². The van der Waals surface area contributed by atoms with Crippen LogP contribution in [0.2, 0.25) is 5.02 Å². The number of carbonyl (C=O) groups is 3. The SMILES string of the molecule is CCOc1cc(/C=N/NC(=O)CNC(=O)c2ccccc2Cl)ccc1OC(=O)c1ccccc1. The predicted octanol–water partition coefficient (Wildman–Crippen LogP) is 3.84. The van der Waals surface area contributed by atoms with E-state index in [2.05, 4.69) is 15.8 Å². The Labute approximate surface area is 201 Å². The van der Waals surface area contributed by atoms with Crippen molar-refractivity contribution in [3.8, 4) is 11.5 Å². The number of nitrogens with zero attached hydrogens (tertiary/aromatic N) is 1. The molecule has 34 heavy (non-hydrogen) atoms. The van der Waals surface area contributed by atoms with Gasteiger partial charge in [0.1, 0.15) is 0 Å². The third-order valence-electron chi connectivity index (χ3n) is 4.41. The molecule has 0 heterocycles. The summed E-state index contributed by atoms with van der Waals surface area (Å²) in [6.07, 6.45) is 1.40. The van der Waals surface area contributed by atoms with Crippen molar-refractivity contribution in [1.82, 2.24) is 10.7 Å². The minimum absolute atomic E-state index is 0.263. The van der Waals surface area contributed by atoms with E-state index in [1.165, 1.54) is 6.21 Å². The molecule has 0 fully saturated rings. The van der Waals surface area contributed by atoms with E-state index in [-0.39, 0.29) is 17.9 Å². The molecule has 8 nitrogen and oxygen atoms in total. The van der Waals surface area contributed by atoms with Gasteiger partial charge in [0.2, 0.25) is 0 Å². The summed E-state index contributed by atoms with van der Waals surface area (Å²) in [6.45, 7) is 1.89. The van der Waals surface area contributed by atoms with Crippen LogP contribution in [0.3, 0.4) is 0 Å². The number of hydrogen-bond donors (Lipinski definition) is 2. The van der Waals surface area contributed by atoms with E-state index >= 15 is 0 Å². The molecule has 0 spiro atoms. The number of carbonyl (C=O) groups excluding carboxylic acids is 3. The smallest absolute Gasteiger partial charge is 0.343 e. The largest absolute Gasteiger partial charge is 0.490 e. The lowest BCUT2D eigenvalue weighted by atomic mass is 10.2. The van der Waals surface area contributed by atoms with Crippen LogP contribution < -0.4 is 20.2 Å². The second-order valence-corrected chi connectivity index (χ2v) is 7.26. The first kappa shape index (κ1) is 24.5. The van der Waals surface area contributed by atoms with Crippen molar-refractivity contribution in [2.45, 2.75) is 6.92 Å². The van der Waals surface area contributed by atoms with Crippen LogP contribution in [0.5, 0.6) is 11.5 Å². The van der Waals surface area contributed by atoms with Gasteiger partial charge in [0.05, 0.1) is 35.5 Å². The van der Waals surface area contributed by atoms with Crippen molar-refractivity contribution in [2.75, 3.05) is 13.2 Å². The Morgan fingerprint density at radius 2 is 1.71 bits per heavy atom. The first-order valence-electron chi connectivity index (χ1n) is 10.4. The topological polar surface area (TPSA) is 106 Å². The Kier molecular flexibility index (Phi) is 8.76. The predicted molar refractivity (Wildman–Crippen MR) is 129 cm³/mol. The average Bonchev–Trinajstić information content (AvgIpc) is 2.85. The number of hydrazone groups is 1. The molecule has 9 heteroatoms. The number of esters is 1. The van der Waals surface area contributed by atoms with Gasteiger partial charge in [-0.15, -0.1) is 0 Å². The Balaban J connectivity index is 1.57. The number of amides is 2. The average molecular weight is 480 g/mol. The van der Waals surface area contributed by atoms with E-state index in [1.54, 1.807) is 73.7 Å². The van der Waals surface area contributed by atoms with Crippen LogP contribution in [0.15, 0.2) is 77.9 Å². The van der Waals surface area contributed by atoms with E-state index in [9.17, 15) is 14.4 Å². The number of hydrogen-bond acceptors (Lipinski definition) is 6. The van der Waals surface area contributed by atoms with Gasteiger partial charge in [-0.3, -0.25) is 9.59 Å². The highest BCUT2D eigenvalue weighted by Gasteiger charge is 2.13. The third-order valence-corrected chi connectivity index (χ3v) is 4.74. The lowest BCUT2D eigenvalue weighted by Crippen LogP contribution is -2.35. The Hall–Kier alpha value is -4.17. The number of rotatable bonds is 9. The summed E-state index contributed by atoms with van der Waals surface area (Å²) in [5.74, 6) is -0.871. The molecule has 0 aliphatic carbocycles. The van der Waals surface area contributed by atoms with Crippen LogP contribution in [-0.4, -0.2) is 37.1 Å². The normalized spacial score (nSPS) is 10.5. The van der Waals surface area contributed by atoms with Crippen molar-refractivity contribution in [2.24, 2.45) is 5.10 Å². The summed E-state index contributed by atoms with van der Waals surface area (Å²) < 4.78 is 11.0. The highest BCUT2D eigenvalue weighted by molar-refractivity contribution is 6.33. The minimum atomic E-state index is -0.518. The van der Waals surface area contributed by atoms with Crippen LogP contribution in [0, 0.1) is 0 Å². The van der Waals surface area contributed by atoms with Gasteiger partial charge in [-0.2, -0.15) is 5.10 Å². The molecular weight excluding hydrogens is 458 g/mol. The van der Waals surface area contributed by atoms with Crippen LogP contribution in [0.4, 0.5) is 0 Å². The Morgan fingerprint density at radius 1 is 0.971 bits per heavy atom. The van der Waals surface area contributed by atoms with Crippen LogP contribution in [0.1, 0.15) is 33.2 Å². The molecule has 0 atom stereocenters. The van der Waals surface area contributed by atoms with Gasteiger partial charge in [-0.25, -0.2) is 10.2 Å². The second kappa shape index (κ2) is 12.2. The minimum Gasteiger partial charge on any atom is -0.490 e. The summed E-state index contributed by atoms with van der Waals surface area (Å²) in [5.41, 5.74) is 3.62. The molecule has 0 unspecified atom stereocenters. The molecule has 3 aromatic carbocycles. The molecule has 2 amide bonds. The zero-order valence-electron chi connectivity index (χ0n) is 18.3. The van der Waals surface area contributed by atoms with Crippen LogP contribution in [0.25, 0.3) is 0 Å². The molecule has 0 saturated carbocycles. The number of nitrogens with one attached hydrogen (secondary N) is 2. The van der Waals surface area contributed by atoms with E-state index in [0.29, 0.717) is 28.5 Å². The maximum Gasteiger partial charge on any atom is 0.343 e. The van der Waals surface area contributed by atoms with Crippen molar-refractivity contribution in [1.29, 1.82) is 0 Å². The van der Waals surface area contributed by atoms with Crippen molar-refractivity contribution in [3.63, 3.8) is 0 Å². The molecule has 3 rings (SSSR count). The quantitative estimate of drug-likeness (QED) is 0.210. The molecule has 0 radical (unpaired) electrons. The summed E-state index contributed by atoms with van der Waals surface area (Å²) >= 11 is 5.97. The lowest BCUT2D eigenvalue weighted by Gasteiger charge is -2.11. The number of benzene rings is 3. The molecule has 3 aromatic rings. The van der Waals surface area contributed by atoms with Gasteiger partial charge in [-0.05, 0) is 55.0 Å². The second-order valence-electron chi connectivity index (χ2n) is 6.85. The van der Waals surface area contributed by atoms with Crippen molar-refractivity contribution in [3.05, 3.63) is 94.5 Å². The molecule has 2 N–H and O–H groups in total. The first-order valence-corrected chi connectivity index (χ1v) is 10.7. The molecule has 0 saturated heterocycles. The number of ether oxygens (including phenoxy) is 2. The standard InChI is InChI=1S/C25H22ClN3O5/c1-2-33-22-14-17(12-13-21(22)34-25(32)18-8-4-3-5-9-18)15-28-29-23(30)16-27-24(31)19-10-6-7-11-20(19)26/h3-15H,2,16H2,1H3,(H,27,31)(H,29,30)/b28-15+.